The lowest BCUT2D eigenvalue weighted by molar-refractivity contribution is 0.619. The summed E-state index contributed by atoms with van der Waals surface area (Å²) in [5.41, 5.74) is 1.50. The molecule has 0 aliphatic carbocycles. The molecule has 0 aliphatic heterocycles. The van der Waals surface area contributed by atoms with Gasteiger partial charge in [0.15, 0.2) is 0 Å². The van der Waals surface area contributed by atoms with E-state index >= 15 is 0 Å². The first-order chi connectivity index (χ1) is 7.18. The molecule has 4 heteroatoms. The first kappa shape index (κ1) is 9.58. The van der Waals surface area contributed by atoms with Crippen LogP contribution in [0.1, 0.15) is 5.56 Å². The van der Waals surface area contributed by atoms with Crippen LogP contribution in [-0.2, 0) is 0 Å². The van der Waals surface area contributed by atoms with E-state index in [0.29, 0.717) is 16.8 Å². The van der Waals surface area contributed by atoms with E-state index in [4.69, 9.17) is 0 Å². The average Bonchev–Trinajstić information content (AvgIpc) is 2.24. The number of rotatable bonds is 1. The molecule has 0 bridgehead atoms. The molecule has 0 saturated heterocycles. The molecule has 0 aliphatic rings. The predicted molar refractivity (Wildman–Crippen MR) is 55.0 cm³/mol. The largest absolute Gasteiger partial charge is 0.268 e. The van der Waals surface area contributed by atoms with Crippen LogP contribution in [0.15, 0.2) is 35.1 Å². The van der Waals surface area contributed by atoms with Gasteiger partial charge in [0.1, 0.15) is 5.82 Å². The van der Waals surface area contributed by atoms with E-state index in [1.54, 1.807) is 25.1 Å². The maximum atomic E-state index is 13.2. The molecule has 3 nitrogen and oxygen atoms in total. The maximum Gasteiger partial charge on any atom is 0.264 e. The van der Waals surface area contributed by atoms with Crippen molar-refractivity contribution >= 4 is 0 Å². The Hall–Kier alpha value is -1.97. The minimum Gasteiger partial charge on any atom is -0.268 e. The Morgan fingerprint density at radius 2 is 2.07 bits per heavy atom. The fourth-order valence-corrected chi connectivity index (χ4v) is 1.38. The van der Waals surface area contributed by atoms with Crippen molar-refractivity contribution in [2.45, 2.75) is 6.92 Å². The molecule has 0 unspecified atom stereocenters. The summed E-state index contributed by atoms with van der Waals surface area (Å²) in [4.78, 5) is 10.8. The van der Waals surface area contributed by atoms with E-state index in [1.165, 1.54) is 12.1 Å². The molecule has 2 rings (SSSR count). The summed E-state index contributed by atoms with van der Waals surface area (Å²) >= 11 is 0. The van der Waals surface area contributed by atoms with Crippen LogP contribution in [0.5, 0.6) is 0 Å². The minimum absolute atomic E-state index is 0.271. The third-order valence-electron chi connectivity index (χ3n) is 2.22. The smallest absolute Gasteiger partial charge is 0.264 e. The van der Waals surface area contributed by atoms with Gasteiger partial charge in [-0.05, 0) is 24.6 Å². The number of aromatic nitrogens is 2. The van der Waals surface area contributed by atoms with Crippen LogP contribution in [-0.4, -0.2) is 10.2 Å². The van der Waals surface area contributed by atoms with Gasteiger partial charge in [0.05, 0.1) is 5.69 Å². The lowest BCUT2D eigenvalue weighted by Gasteiger charge is -2.04. The summed E-state index contributed by atoms with van der Waals surface area (Å²) in [6.07, 6.45) is 0. The summed E-state index contributed by atoms with van der Waals surface area (Å²) in [6, 6.07) is 7.71. The Labute approximate surface area is 85.6 Å². The number of aromatic amines is 1. The third-order valence-corrected chi connectivity index (χ3v) is 2.22. The van der Waals surface area contributed by atoms with Crippen LogP contribution in [0.2, 0.25) is 0 Å². The summed E-state index contributed by atoms with van der Waals surface area (Å²) in [6.45, 7) is 1.68. The number of halogens is 1. The van der Waals surface area contributed by atoms with Gasteiger partial charge in [-0.2, -0.15) is 5.10 Å². The van der Waals surface area contributed by atoms with Gasteiger partial charge in [0, 0.05) is 11.6 Å². The number of nitrogens with one attached hydrogen (secondary N) is 1. The average molecular weight is 204 g/mol. The van der Waals surface area contributed by atoms with E-state index in [0.717, 1.165) is 0 Å². The number of hydrogen-bond donors (Lipinski definition) is 1. The number of H-pyrrole nitrogens is 1. The van der Waals surface area contributed by atoms with Crippen LogP contribution in [0, 0.1) is 12.7 Å². The lowest BCUT2D eigenvalue weighted by Crippen LogP contribution is -2.06. The van der Waals surface area contributed by atoms with E-state index in [1.807, 2.05) is 0 Å². The van der Waals surface area contributed by atoms with Gasteiger partial charge in [-0.15, -0.1) is 0 Å². The second-order valence-corrected chi connectivity index (χ2v) is 3.22. The monoisotopic (exact) mass is 204 g/mol. The first-order valence-corrected chi connectivity index (χ1v) is 4.50. The molecular weight excluding hydrogens is 195 g/mol. The molecule has 0 fully saturated rings. The van der Waals surface area contributed by atoms with Crippen molar-refractivity contribution in [3.05, 3.63) is 52.1 Å². The minimum atomic E-state index is -0.277. The maximum absolute atomic E-state index is 13.2. The zero-order valence-corrected chi connectivity index (χ0v) is 8.12. The van der Waals surface area contributed by atoms with Crippen LogP contribution in [0.3, 0.4) is 0 Å². The molecule has 0 radical (unpaired) electrons. The molecule has 15 heavy (non-hydrogen) atoms. The Bertz CT molecular complexity index is 528. The van der Waals surface area contributed by atoms with Gasteiger partial charge in [-0.1, -0.05) is 12.1 Å². The molecular formula is C11H9FN2O. The van der Waals surface area contributed by atoms with Crippen molar-refractivity contribution in [1.82, 2.24) is 10.2 Å². The molecule has 1 N–H and O–H groups in total. The van der Waals surface area contributed by atoms with Crippen LogP contribution in [0.4, 0.5) is 4.39 Å². The molecule has 1 aromatic heterocycles. The van der Waals surface area contributed by atoms with Crippen molar-refractivity contribution in [2.75, 3.05) is 0 Å². The van der Waals surface area contributed by atoms with Gasteiger partial charge >= 0.3 is 0 Å². The summed E-state index contributed by atoms with van der Waals surface area (Å²) in [5.74, 6) is -0.277. The topological polar surface area (TPSA) is 45.8 Å². The summed E-state index contributed by atoms with van der Waals surface area (Å²) < 4.78 is 13.2. The molecule has 1 heterocycles. The standard InChI is InChI=1S/C11H9FN2O/c1-7-8(3-2-4-9(7)12)10-5-6-11(15)14-13-10/h2-6H,1H3,(H,14,15). The molecule has 0 saturated carbocycles. The SMILES string of the molecule is Cc1c(F)cccc1-c1ccc(=O)[nH]n1. The third kappa shape index (κ3) is 1.79. The van der Waals surface area contributed by atoms with E-state index in [2.05, 4.69) is 10.2 Å². The van der Waals surface area contributed by atoms with Crippen molar-refractivity contribution < 1.29 is 4.39 Å². The van der Waals surface area contributed by atoms with Crippen molar-refractivity contribution in [3.63, 3.8) is 0 Å². The second kappa shape index (κ2) is 3.65. The lowest BCUT2D eigenvalue weighted by atomic mass is 10.1. The molecule has 0 atom stereocenters. The summed E-state index contributed by atoms with van der Waals surface area (Å²) in [7, 11) is 0. The Kier molecular flexibility index (Phi) is 2.33. The quantitative estimate of drug-likeness (QED) is 0.770. The highest BCUT2D eigenvalue weighted by Crippen LogP contribution is 2.21. The predicted octanol–water partition coefficient (Wildman–Crippen LogP) is 1.88. The normalized spacial score (nSPS) is 10.3. The van der Waals surface area contributed by atoms with Gasteiger partial charge in [0.25, 0.3) is 5.56 Å². The van der Waals surface area contributed by atoms with Crippen LogP contribution in [0.25, 0.3) is 11.3 Å². The van der Waals surface area contributed by atoms with Gasteiger partial charge in [0.2, 0.25) is 0 Å². The first-order valence-electron chi connectivity index (χ1n) is 4.50. The highest BCUT2D eigenvalue weighted by atomic mass is 19.1. The fraction of sp³-hybridized carbons (Fsp3) is 0.0909. The molecule has 2 aromatic rings. The van der Waals surface area contributed by atoms with Crippen molar-refractivity contribution in [2.24, 2.45) is 0 Å². The molecule has 1 aromatic carbocycles. The Morgan fingerprint density at radius 3 is 2.73 bits per heavy atom. The molecule has 76 valence electrons. The van der Waals surface area contributed by atoms with Crippen molar-refractivity contribution in [3.8, 4) is 11.3 Å². The number of benzene rings is 1. The Morgan fingerprint density at radius 1 is 1.27 bits per heavy atom. The molecule has 0 spiro atoms. The highest BCUT2D eigenvalue weighted by molar-refractivity contribution is 5.62. The fourth-order valence-electron chi connectivity index (χ4n) is 1.38. The Balaban J connectivity index is 2.59. The number of hydrogen-bond acceptors (Lipinski definition) is 2. The summed E-state index contributed by atoms with van der Waals surface area (Å²) in [5, 5.41) is 6.16. The number of nitrogens with zero attached hydrogens (tertiary/aromatic N) is 1. The van der Waals surface area contributed by atoms with Gasteiger partial charge in [-0.3, -0.25) is 4.79 Å². The van der Waals surface area contributed by atoms with Crippen molar-refractivity contribution in [1.29, 1.82) is 0 Å². The van der Waals surface area contributed by atoms with Crippen LogP contribution < -0.4 is 5.56 Å². The van der Waals surface area contributed by atoms with Gasteiger partial charge < -0.3 is 0 Å². The van der Waals surface area contributed by atoms with E-state index in [9.17, 15) is 9.18 Å². The molecule has 0 amide bonds. The van der Waals surface area contributed by atoms with E-state index < -0.39 is 0 Å². The van der Waals surface area contributed by atoms with Crippen LogP contribution >= 0.6 is 0 Å². The zero-order chi connectivity index (χ0) is 10.8. The van der Waals surface area contributed by atoms with Gasteiger partial charge in [-0.25, -0.2) is 9.49 Å². The highest BCUT2D eigenvalue weighted by Gasteiger charge is 2.06. The van der Waals surface area contributed by atoms with E-state index in [-0.39, 0.29) is 11.4 Å². The zero-order valence-electron chi connectivity index (χ0n) is 8.12. The second-order valence-electron chi connectivity index (χ2n) is 3.22.